The van der Waals surface area contributed by atoms with Crippen LogP contribution in [0.2, 0.25) is 0 Å². The van der Waals surface area contributed by atoms with Crippen molar-refractivity contribution in [1.29, 1.82) is 0 Å². The fourth-order valence-corrected chi connectivity index (χ4v) is 3.36. The summed E-state index contributed by atoms with van der Waals surface area (Å²) in [6, 6.07) is 15.5. The molecule has 1 aromatic carbocycles. The Morgan fingerprint density at radius 1 is 1.15 bits per heavy atom. The van der Waals surface area contributed by atoms with E-state index in [0.29, 0.717) is 18.8 Å². The van der Waals surface area contributed by atoms with E-state index in [0.717, 1.165) is 22.0 Å². The quantitative estimate of drug-likeness (QED) is 0.558. The van der Waals surface area contributed by atoms with Gasteiger partial charge in [0.25, 0.3) is 0 Å². The van der Waals surface area contributed by atoms with Gasteiger partial charge in [-0.15, -0.1) is 11.3 Å². The van der Waals surface area contributed by atoms with Crippen LogP contribution in [0.4, 0.5) is 0 Å². The third-order valence-electron chi connectivity index (χ3n) is 3.94. The fraction of sp³-hybridized carbons (Fsp3) is 0.190. The minimum Gasteiger partial charge on any atom is -0.496 e. The van der Waals surface area contributed by atoms with Gasteiger partial charge < -0.3 is 14.1 Å². The zero-order valence-corrected chi connectivity index (χ0v) is 15.7. The Hall–Kier alpha value is -2.79. The highest BCUT2D eigenvalue weighted by Gasteiger charge is 2.15. The van der Waals surface area contributed by atoms with Gasteiger partial charge in [-0.25, -0.2) is 0 Å². The molecule has 0 spiro atoms. The molecule has 3 rings (SSSR count). The highest BCUT2D eigenvalue weighted by atomic mass is 32.1. The molecule has 5 heteroatoms. The molecular formula is C21H21NO3S. The topological polar surface area (TPSA) is 42.7 Å². The van der Waals surface area contributed by atoms with E-state index in [2.05, 4.69) is 0 Å². The highest BCUT2D eigenvalue weighted by molar-refractivity contribution is 7.09. The maximum Gasteiger partial charge on any atom is 0.247 e. The van der Waals surface area contributed by atoms with Crippen LogP contribution in [0.3, 0.4) is 0 Å². The molecule has 0 saturated carbocycles. The molecule has 2 aromatic heterocycles. The monoisotopic (exact) mass is 367 g/mol. The van der Waals surface area contributed by atoms with E-state index in [1.807, 2.05) is 60.8 Å². The smallest absolute Gasteiger partial charge is 0.247 e. The first-order valence-corrected chi connectivity index (χ1v) is 9.21. The summed E-state index contributed by atoms with van der Waals surface area (Å²) in [5.74, 6) is 2.20. The summed E-state index contributed by atoms with van der Waals surface area (Å²) in [7, 11) is 1.64. The summed E-state index contributed by atoms with van der Waals surface area (Å²) < 4.78 is 10.9. The number of benzene rings is 1. The van der Waals surface area contributed by atoms with E-state index in [1.54, 1.807) is 35.5 Å². The molecular weight excluding hydrogens is 346 g/mol. The van der Waals surface area contributed by atoms with Crippen molar-refractivity contribution in [2.24, 2.45) is 0 Å². The van der Waals surface area contributed by atoms with Crippen LogP contribution < -0.4 is 4.74 Å². The van der Waals surface area contributed by atoms with Gasteiger partial charge in [0.2, 0.25) is 5.91 Å². The van der Waals surface area contributed by atoms with Gasteiger partial charge in [0.15, 0.2) is 0 Å². The van der Waals surface area contributed by atoms with Crippen molar-refractivity contribution in [2.75, 3.05) is 7.11 Å². The summed E-state index contributed by atoms with van der Waals surface area (Å²) in [4.78, 5) is 15.8. The van der Waals surface area contributed by atoms with Gasteiger partial charge in [-0.05, 0) is 42.6 Å². The molecule has 134 valence electrons. The maximum absolute atomic E-state index is 12.8. The van der Waals surface area contributed by atoms with E-state index >= 15 is 0 Å². The zero-order valence-electron chi connectivity index (χ0n) is 14.8. The molecule has 0 aliphatic heterocycles. The molecule has 0 N–H and O–H groups in total. The second kappa shape index (κ2) is 8.54. The lowest BCUT2D eigenvalue weighted by Crippen LogP contribution is -2.28. The second-order valence-corrected chi connectivity index (χ2v) is 6.90. The fourth-order valence-electron chi connectivity index (χ4n) is 2.64. The Bertz CT molecular complexity index is 880. The summed E-state index contributed by atoms with van der Waals surface area (Å²) in [6.45, 7) is 2.91. The van der Waals surface area contributed by atoms with Gasteiger partial charge in [0, 0.05) is 23.1 Å². The lowest BCUT2D eigenvalue weighted by Gasteiger charge is -2.22. The minimum absolute atomic E-state index is 0.0710. The van der Waals surface area contributed by atoms with Crippen molar-refractivity contribution in [3.8, 4) is 5.75 Å². The first kappa shape index (κ1) is 18.0. The highest BCUT2D eigenvalue weighted by Crippen LogP contribution is 2.22. The number of hydrogen-bond acceptors (Lipinski definition) is 4. The number of aryl methyl sites for hydroxylation is 1. The molecule has 0 unspecified atom stereocenters. The third-order valence-corrected chi connectivity index (χ3v) is 4.80. The van der Waals surface area contributed by atoms with Crippen LogP contribution in [0, 0.1) is 6.92 Å². The Labute approximate surface area is 157 Å². The van der Waals surface area contributed by atoms with Crippen molar-refractivity contribution in [1.82, 2.24) is 4.90 Å². The zero-order chi connectivity index (χ0) is 18.4. The van der Waals surface area contributed by atoms with E-state index in [1.165, 1.54) is 0 Å². The van der Waals surface area contributed by atoms with Gasteiger partial charge in [0.05, 0.1) is 13.7 Å². The number of carbonyl (C=O) groups excluding carboxylic acids is 1. The Balaban J connectivity index is 1.80. The lowest BCUT2D eigenvalue weighted by molar-refractivity contribution is -0.127. The van der Waals surface area contributed by atoms with Crippen LogP contribution in [0.5, 0.6) is 5.75 Å². The molecule has 3 aromatic rings. The molecule has 4 nitrogen and oxygen atoms in total. The largest absolute Gasteiger partial charge is 0.496 e. The molecule has 0 aliphatic rings. The number of amides is 1. The molecule has 0 saturated heterocycles. The SMILES string of the molecule is COc1ccccc1CN(Cc1cccs1)C(=O)C=Cc1ccc(C)o1. The van der Waals surface area contributed by atoms with E-state index in [4.69, 9.17) is 9.15 Å². The van der Waals surface area contributed by atoms with Crippen LogP contribution in [-0.4, -0.2) is 17.9 Å². The van der Waals surface area contributed by atoms with Gasteiger partial charge in [-0.2, -0.15) is 0 Å². The van der Waals surface area contributed by atoms with Crippen molar-refractivity contribution in [2.45, 2.75) is 20.0 Å². The average molecular weight is 367 g/mol. The van der Waals surface area contributed by atoms with Crippen LogP contribution in [0.15, 0.2) is 64.4 Å². The normalized spacial score (nSPS) is 11.0. The molecule has 26 heavy (non-hydrogen) atoms. The first-order chi connectivity index (χ1) is 12.7. The summed E-state index contributed by atoms with van der Waals surface area (Å²) >= 11 is 1.64. The number of ether oxygens (including phenoxy) is 1. The third kappa shape index (κ3) is 4.64. The van der Waals surface area contributed by atoms with Crippen LogP contribution in [0.25, 0.3) is 6.08 Å². The Morgan fingerprint density at radius 2 is 2.00 bits per heavy atom. The first-order valence-electron chi connectivity index (χ1n) is 8.33. The molecule has 0 atom stereocenters. The summed E-state index contributed by atoms with van der Waals surface area (Å²) in [6.07, 6.45) is 3.26. The number of carbonyl (C=O) groups is 1. The van der Waals surface area contributed by atoms with Crippen molar-refractivity contribution >= 4 is 23.3 Å². The number of nitrogens with zero attached hydrogens (tertiary/aromatic N) is 1. The maximum atomic E-state index is 12.8. The number of para-hydroxylation sites is 1. The molecule has 1 amide bonds. The van der Waals surface area contributed by atoms with Gasteiger partial charge in [0.1, 0.15) is 17.3 Å². The number of methoxy groups -OCH3 is 1. The van der Waals surface area contributed by atoms with Crippen molar-refractivity contribution in [3.05, 3.63) is 81.9 Å². The lowest BCUT2D eigenvalue weighted by atomic mass is 10.2. The molecule has 0 aliphatic carbocycles. The van der Waals surface area contributed by atoms with Crippen LogP contribution in [-0.2, 0) is 17.9 Å². The number of hydrogen-bond donors (Lipinski definition) is 0. The Morgan fingerprint density at radius 3 is 2.69 bits per heavy atom. The predicted molar refractivity (Wildman–Crippen MR) is 104 cm³/mol. The van der Waals surface area contributed by atoms with Gasteiger partial charge in [-0.1, -0.05) is 24.3 Å². The van der Waals surface area contributed by atoms with E-state index < -0.39 is 0 Å². The Kier molecular flexibility index (Phi) is 5.92. The van der Waals surface area contributed by atoms with Crippen LogP contribution >= 0.6 is 11.3 Å². The number of furan rings is 1. The molecule has 2 heterocycles. The van der Waals surface area contributed by atoms with Crippen molar-refractivity contribution < 1.29 is 13.9 Å². The number of thiophene rings is 1. The minimum atomic E-state index is -0.0710. The van der Waals surface area contributed by atoms with Crippen molar-refractivity contribution in [3.63, 3.8) is 0 Å². The molecule has 0 bridgehead atoms. The van der Waals surface area contributed by atoms with E-state index in [9.17, 15) is 4.79 Å². The van der Waals surface area contributed by atoms with E-state index in [-0.39, 0.29) is 5.91 Å². The molecule has 0 radical (unpaired) electrons. The summed E-state index contributed by atoms with van der Waals surface area (Å²) in [5, 5.41) is 2.02. The van der Waals surface area contributed by atoms with Crippen LogP contribution in [0.1, 0.15) is 22.0 Å². The standard InChI is InChI=1S/C21H21NO3S/c1-16-9-10-18(25-16)11-12-21(23)22(15-19-7-5-13-26-19)14-17-6-3-4-8-20(17)24-2/h3-13H,14-15H2,1-2H3. The van der Waals surface area contributed by atoms with Gasteiger partial charge >= 0.3 is 0 Å². The average Bonchev–Trinajstić information content (AvgIpc) is 3.31. The molecule has 0 fully saturated rings. The van der Waals surface area contributed by atoms with Gasteiger partial charge in [-0.3, -0.25) is 4.79 Å². The second-order valence-electron chi connectivity index (χ2n) is 5.87. The predicted octanol–water partition coefficient (Wildman–Crippen LogP) is 4.90. The summed E-state index contributed by atoms with van der Waals surface area (Å²) in [5.41, 5.74) is 0.974. The number of rotatable bonds is 7.